The summed E-state index contributed by atoms with van der Waals surface area (Å²) in [5, 5.41) is 13.7. The zero-order valence-corrected chi connectivity index (χ0v) is 15.5. The number of hydrogen-bond donors (Lipinski definition) is 1. The Labute approximate surface area is 153 Å². The van der Waals surface area contributed by atoms with Gasteiger partial charge in [-0.05, 0) is 48.0 Å². The lowest BCUT2D eigenvalue weighted by Gasteiger charge is -2.14. The molecular formula is C17H17BrN2O5. The van der Waals surface area contributed by atoms with E-state index in [-0.39, 0.29) is 5.69 Å². The SMILES string of the molecule is CCOc1c(Br)cc(C(=O)Nc2cccc([N+](=O)[O-])c2C)cc1OC. The first-order valence-electron chi connectivity index (χ1n) is 7.44. The minimum Gasteiger partial charge on any atom is -0.493 e. The molecule has 7 nitrogen and oxygen atoms in total. The number of anilines is 1. The smallest absolute Gasteiger partial charge is 0.274 e. The number of hydrogen-bond acceptors (Lipinski definition) is 5. The lowest BCUT2D eigenvalue weighted by Crippen LogP contribution is -2.13. The second-order valence-corrected chi connectivity index (χ2v) is 5.94. The number of carbonyl (C=O) groups excluding carboxylic acids is 1. The molecule has 0 unspecified atom stereocenters. The summed E-state index contributed by atoms with van der Waals surface area (Å²) in [6, 6.07) is 7.69. The molecule has 0 aliphatic carbocycles. The normalized spacial score (nSPS) is 10.2. The first kappa shape index (κ1) is 18.7. The van der Waals surface area contributed by atoms with E-state index >= 15 is 0 Å². The summed E-state index contributed by atoms with van der Waals surface area (Å²) in [4.78, 5) is 23.1. The van der Waals surface area contributed by atoms with Gasteiger partial charge in [-0.2, -0.15) is 0 Å². The van der Waals surface area contributed by atoms with E-state index < -0.39 is 10.8 Å². The van der Waals surface area contributed by atoms with Gasteiger partial charge in [0.2, 0.25) is 0 Å². The first-order valence-corrected chi connectivity index (χ1v) is 8.24. The second kappa shape index (κ2) is 7.98. The molecule has 0 radical (unpaired) electrons. The maximum atomic E-state index is 12.5. The molecule has 2 rings (SSSR count). The van der Waals surface area contributed by atoms with Crippen molar-refractivity contribution in [3.63, 3.8) is 0 Å². The summed E-state index contributed by atoms with van der Waals surface area (Å²) in [5.74, 6) is 0.510. The summed E-state index contributed by atoms with van der Waals surface area (Å²) in [5.41, 5.74) is 1.04. The van der Waals surface area contributed by atoms with E-state index in [1.165, 1.54) is 19.2 Å². The van der Waals surface area contributed by atoms with Gasteiger partial charge in [0, 0.05) is 11.6 Å². The lowest BCUT2D eigenvalue weighted by molar-refractivity contribution is -0.385. The maximum absolute atomic E-state index is 12.5. The highest BCUT2D eigenvalue weighted by Gasteiger charge is 2.18. The van der Waals surface area contributed by atoms with Crippen molar-refractivity contribution in [2.45, 2.75) is 13.8 Å². The van der Waals surface area contributed by atoms with Gasteiger partial charge in [0.15, 0.2) is 11.5 Å². The Kier molecular flexibility index (Phi) is 5.97. The Morgan fingerprint density at radius 3 is 2.68 bits per heavy atom. The molecule has 0 aliphatic heterocycles. The van der Waals surface area contributed by atoms with Crippen molar-refractivity contribution in [3.05, 3.63) is 56.0 Å². The average Bonchev–Trinajstić information content (AvgIpc) is 2.58. The molecule has 2 aromatic carbocycles. The van der Waals surface area contributed by atoms with Crippen molar-refractivity contribution >= 4 is 33.2 Å². The molecule has 0 aliphatic rings. The fourth-order valence-corrected chi connectivity index (χ4v) is 2.84. The molecule has 25 heavy (non-hydrogen) atoms. The highest BCUT2D eigenvalue weighted by Crippen LogP contribution is 2.37. The van der Waals surface area contributed by atoms with Crippen LogP contribution in [0.2, 0.25) is 0 Å². The number of methoxy groups -OCH3 is 1. The van der Waals surface area contributed by atoms with Crippen LogP contribution in [-0.2, 0) is 0 Å². The van der Waals surface area contributed by atoms with E-state index in [0.717, 1.165) is 0 Å². The van der Waals surface area contributed by atoms with Crippen LogP contribution in [0.5, 0.6) is 11.5 Å². The number of nitrogens with zero attached hydrogens (tertiary/aromatic N) is 1. The molecule has 1 amide bonds. The molecule has 2 aromatic rings. The van der Waals surface area contributed by atoms with E-state index in [0.29, 0.717) is 39.4 Å². The molecule has 0 aromatic heterocycles. The first-order chi connectivity index (χ1) is 11.9. The van der Waals surface area contributed by atoms with E-state index in [1.807, 2.05) is 6.92 Å². The monoisotopic (exact) mass is 408 g/mol. The molecule has 0 heterocycles. The molecule has 0 bridgehead atoms. The van der Waals surface area contributed by atoms with Crippen LogP contribution >= 0.6 is 15.9 Å². The van der Waals surface area contributed by atoms with Crippen LogP contribution in [0.4, 0.5) is 11.4 Å². The number of carbonyl (C=O) groups is 1. The fraction of sp³-hybridized carbons (Fsp3) is 0.235. The van der Waals surface area contributed by atoms with Crippen molar-refractivity contribution in [1.82, 2.24) is 0 Å². The van der Waals surface area contributed by atoms with Gasteiger partial charge in [-0.15, -0.1) is 0 Å². The van der Waals surface area contributed by atoms with Crippen LogP contribution in [-0.4, -0.2) is 24.5 Å². The fourth-order valence-electron chi connectivity index (χ4n) is 2.29. The molecule has 132 valence electrons. The standard InChI is InChI=1S/C17H17BrN2O5/c1-4-25-16-12(18)8-11(9-15(16)24-3)17(21)19-13-6-5-7-14(10(13)2)20(22)23/h5-9H,4H2,1-3H3,(H,19,21). The van der Waals surface area contributed by atoms with Gasteiger partial charge < -0.3 is 14.8 Å². The minimum absolute atomic E-state index is 0.0525. The van der Waals surface area contributed by atoms with E-state index in [1.54, 1.807) is 25.1 Å². The molecule has 8 heteroatoms. The van der Waals surface area contributed by atoms with Crippen molar-refractivity contribution in [3.8, 4) is 11.5 Å². The van der Waals surface area contributed by atoms with Crippen LogP contribution < -0.4 is 14.8 Å². The zero-order valence-electron chi connectivity index (χ0n) is 14.0. The number of benzene rings is 2. The third-order valence-electron chi connectivity index (χ3n) is 3.53. The number of amides is 1. The largest absolute Gasteiger partial charge is 0.493 e. The van der Waals surface area contributed by atoms with E-state index in [9.17, 15) is 14.9 Å². The van der Waals surface area contributed by atoms with Gasteiger partial charge in [-0.25, -0.2) is 0 Å². The van der Waals surface area contributed by atoms with Crippen molar-refractivity contribution in [2.75, 3.05) is 19.0 Å². The third kappa shape index (κ3) is 4.08. The molecule has 0 atom stereocenters. The Bertz CT molecular complexity index is 823. The number of nitro groups is 1. The number of halogens is 1. The summed E-state index contributed by atoms with van der Waals surface area (Å²) in [6.45, 7) is 3.88. The number of nitrogens with one attached hydrogen (secondary N) is 1. The van der Waals surface area contributed by atoms with Crippen LogP contribution in [0.1, 0.15) is 22.8 Å². The molecule has 1 N–H and O–H groups in total. The van der Waals surface area contributed by atoms with Crippen molar-refractivity contribution in [2.24, 2.45) is 0 Å². The van der Waals surface area contributed by atoms with Crippen molar-refractivity contribution < 1.29 is 19.2 Å². The molecule has 0 saturated heterocycles. The summed E-state index contributed by atoms with van der Waals surface area (Å²) in [6.07, 6.45) is 0. The topological polar surface area (TPSA) is 90.7 Å². The van der Waals surface area contributed by atoms with Crippen LogP contribution in [0.15, 0.2) is 34.8 Å². The van der Waals surface area contributed by atoms with Crippen LogP contribution in [0, 0.1) is 17.0 Å². The summed E-state index contributed by atoms with van der Waals surface area (Å²) in [7, 11) is 1.48. The molecule has 0 fully saturated rings. The maximum Gasteiger partial charge on any atom is 0.274 e. The van der Waals surface area contributed by atoms with Crippen LogP contribution in [0.25, 0.3) is 0 Å². The Balaban J connectivity index is 2.35. The highest BCUT2D eigenvalue weighted by molar-refractivity contribution is 9.10. The summed E-state index contributed by atoms with van der Waals surface area (Å²) >= 11 is 3.36. The molecular weight excluding hydrogens is 392 g/mol. The van der Waals surface area contributed by atoms with Gasteiger partial charge in [-0.3, -0.25) is 14.9 Å². The number of nitro benzene ring substituents is 1. The van der Waals surface area contributed by atoms with Gasteiger partial charge in [0.05, 0.1) is 34.4 Å². The number of ether oxygens (including phenoxy) is 2. The van der Waals surface area contributed by atoms with Gasteiger partial charge in [0.1, 0.15) is 0 Å². The quantitative estimate of drug-likeness (QED) is 0.567. The predicted molar refractivity (Wildman–Crippen MR) is 97.6 cm³/mol. The summed E-state index contributed by atoms with van der Waals surface area (Å²) < 4.78 is 11.3. The third-order valence-corrected chi connectivity index (χ3v) is 4.12. The molecule has 0 saturated carbocycles. The Hall–Kier alpha value is -2.61. The lowest BCUT2D eigenvalue weighted by atomic mass is 10.1. The van der Waals surface area contributed by atoms with Crippen LogP contribution in [0.3, 0.4) is 0 Å². The number of rotatable bonds is 6. The van der Waals surface area contributed by atoms with E-state index in [2.05, 4.69) is 21.2 Å². The van der Waals surface area contributed by atoms with E-state index in [4.69, 9.17) is 9.47 Å². The van der Waals surface area contributed by atoms with Gasteiger partial charge >= 0.3 is 0 Å². The average molecular weight is 409 g/mol. The second-order valence-electron chi connectivity index (χ2n) is 5.08. The predicted octanol–water partition coefficient (Wildman–Crippen LogP) is 4.33. The van der Waals surface area contributed by atoms with Gasteiger partial charge in [0.25, 0.3) is 11.6 Å². The van der Waals surface area contributed by atoms with Gasteiger partial charge in [-0.1, -0.05) is 6.07 Å². The zero-order chi connectivity index (χ0) is 18.6. The highest BCUT2D eigenvalue weighted by atomic mass is 79.9. The Morgan fingerprint density at radius 1 is 1.36 bits per heavy atom. The Morgan fingerprint density at radius 2 is 2.08 bits per heavy atom. The van der Waals surface area contributed by atoms with Crippen molar-refractivity contribution in [1.29, 1.82) is 0 Å². The minimum atomic E-state index is -0.485. The molecule has 0 spiro atoms.